The molecule has 0 aromatic carbocycles. The van der Waals surface area contributed by atoms with Crippen LogP contribution in [0.1, 0.15) is 0 Å². The zero-order valence-corrected chi connectivity index (χ0v) is 6.38. The minimum absolute atomic E-state index is 0. The normalized spacial score (nSPS) is 7.12. The first kappa shape index (κ1) is 11.0. The summed E-state index contributed by atoms with van der Waals surface area (Å²) in [6, 6.07) is 0. The molecule has 40 valence electrons. The third-order valence-electron chi connectivity index (χ3n) is 0.371. The Kier molecular flexibility index (Phi) is 7.19. The van der Waals surface area contributed by atoms with Crippen molar-refractivity contribution in [1.82, 2.24) is 0 Å². The van der Waals surface area contributed by atoms with Crippen LogP contribution >= 0.6 is 0 Å². The number of ketones is 1. The Labute approximate surface area is 67.8 Å². The molecule has 0 radical (unpaired) electrons. The van der Waals surface area contributed by atoms with E-state index >= 15 is 0 Å². The van der Waals surface area contributed by atoms with Crippen LogP contribution in [-0.2, 0) is 9.59 Å². The van der Waals surface area contributed by atoms with Gasteiger partial charge in [-0.05, 0) is 0 Å². The second-order valence-electron chi connectivity index (χ2n) is 0.869. The largest absolute Gasteiger partial charge is 1.00 e. The van der Waals surface area contributed by atoms with E-state index in [4.69, 9.17) is 5.11 Å². The van der Waals surface area contributed by atoms with Crippen LogP contribution in [0, 0.1) is 0 Å². The quantitative estimate of drug-likeness (QED) is 0.295. The second-order valence-corrected chi connectivity index (χ2v) is 0.869. The van der Waals surface area contributed by atoms with Gasteiger partial charge in [0.15, 0.2) is 0 Å². The number of hydrogen-bond acceptors (Lipinski definition) is 4. The Morgan fingerprint density at radius 1 is 1.50 bits per heavy atom. The van der Waals surface area contributed by atoms with E-state index in [1.807, 2.05) is 0 Å². The zero-order chi connectivity index (χ0) is 5.86. The Hall–Kier alpha value is 0.1000. The molecule has 5 heteroatoms. The summed E-state index contributed by atoms with van der Waals surface area (Å²) in [7, 11) is 0. The fraction of sp³-hybridized carbons (Fsp3) is 0.333. The van der Waals surface area contributed by atoms with Gasteiger partial charge >= 0.3 is 29.6 Å². The Morgan fingerprint density at radius 2 is 1.88 bits per heavy atom. The average Bonchev–Trinajstić information content (AvgIpc) is 1.65. The molecule has 0 aliphatic heterocycles. The fourth-order valence-corrected chi connectivity index (χ4v) is 0.0645. The molecule has 0 fully saturated rings. The standard InChI is InChI=1S/C3H4O4.Na/c4-1-2(5)3(6)7;/h4H,1H2,(H,6,7);/q;+1/p-1. The number of carbonyl (C=O) groups is 2. The summed E-state index contributed by atoms with van der Waals surface area (Å²) < 4.78 is 0. The van der Waals surface area contributed by atoms with E-state index < -0.39 is 18.4 Å². The number of aliphatic carboxylic acids is 1. The predicted octanol–water partition coefficient (Wildman–Crippen LogP) is -5.70. The minimum Gasteiger partial charge on any atom is -0.542 e. The van der Waals surface area contributed by atoms with Crippen molar-refractivity contribution >= 4 is 11.8 Å². The first-order valence-corrected chi connectivity index (χ1v) is 1.53. The summed E-state index contributed by atoms with van der Waals surface area (Å²) in [6.07, 6.45) is 0. The molecule has 0 saturated carbocycles. The molecule has 0 aromatic heterocycles. The van der Waals surface area contributed by atoms with Gasteiger partial charge in [-0.25, -0.2) is 0 Å². The molecule has 0 spiro atoms. The summed E-state index contributed by atoms with van der Waals surface area (Å²) in [5.74, 6) is -3.14. The predicted molar refractivity (Wildman–Crippen MR) is 17.1 cm³/mol. The molecule has 0 amide bonds. The van der Waals surface area contributed by atoms with Gasteiger partial charge in [-0.3, -0.25) is 4.79 Å². The number of hydrogen-bond donors (Lipinski definition) is 1. The fourth-order valence-electron chi connectivity index (χ4n) is 0.0645. The van der Waals surface area contributed by atoms with Crippen LogP contribution in [0.15, 0.2) is 0 Å². The molecular weight excluding hydrogens is 123 g/mol. The molecule has 0 bridgehead atoms. The Balaban J connectivity index is 0. The van der Waals surface area contributed by atoms with Crippen molar-refractivity contribution < 1.29 is 49.4 Å². The topological polar surface area (TPSA) is 77.4 Å². The first-order valence-electron chi connectivity index (χ1n) is 1.53. The molecule has 0 aliphatic carbocycles. The van der Waals surface area contributed by atoms with Crippen LogP contribution in [0.5, 0.6) is 0 Å². The number of Topliss-reactive ketones (excluding diaryl/α,β-unsaturated/α-hetero) is 1. The minimum atomic E-state index is -1.84. The summed E-state index contributed by atoms with van der Waals surface area (Å²) in [6.45, 7) is -0.984. The number of carboxylic acid groups (broad SMARTS) is 1. The van der Waals surface area contributed by atoms with Gasteiger partial charge in [-0.1, -0.05) is 0 Å². The van der Waals surface area contributed by atoms with E-state index in [1.165, 1.54) is 0 Å². The van der Waals surface area contributed by atoms with E-state index in [9.17, 15) is 14.7 Å². The van der Waals surface area contributed by atoms with E-state index in [0.717, 1.165) is 0 Å². The van der Waals surface area contributed by atoms with Crippen molar-refractivity contribution in [3.8, 4) is 0 Å². The SMILES string of the molecule is O=C([O-])C(=O)CO.[Na+]. The molecule has 0 unspecified atom stereocenters. The van der Waals surface area contributed by atoms with Crippen molar-refractivity contribution in [2.24, 2.45) is 0 Å². The number of carbonyl (C=O) groups excluding carboxylic acids is 2. The summed E-state index contributed by atoms with van der Waals surface area (Å²) in [5, 5.41) is 17.0. The third kappa shape index (κ3) is 4.26. The van der Waals surface area contributed by atoms with Crippen molar-refractivity contribution in [1.29, 1.82) is 0 Å². The van der Waals surface area contributed by atoms with Gasteiger partial charge in [0.05, 0.1) is 0 Å². The summed E-state index contributed by atoms with van der Waals surface area (Å²) >= 11 is 0. The van der Waals surface area contributed by atoms with E-state index in [2.05, 4.69) is 0 Å². The molecule has 0 atom stereocenters. The van der Waals surface area contributed by atoms with Crippen LogP contribution in [0.25, 0.3) is 0 Å². The molecule has 0 rings (SSSR count). The molecule has 0 aromatic rings. The van der Waals surface area contributed by atoms with Crippen molar-refractivity contribution in [2.75, 3.05) is 6.61 Å². The molecule has 4 nitrogen and oxygen atoms in total. The van der Waals surface area contributed by atoms with Crippen molar-refractivity contribution in [3.63, 3.8) is 0 Å². The van der Waals surface area contributed by atoms with Crippen LogP contribution in [0.3, 0.4) is 0 Å². The zero-order valence-electron chi connectivity index (χ0n) is 4.38. The molecule has 1 N–H and O–H groups in total. The van der Waals surface area contributed by atoms with E-state index in [-0.39, 0.29) is 29.6 Å². The van der Waals surface area contributed by atoms with Crippen LogP contribution in [0.4, 0.5) is 0 Å². The van der Waals surface area contributed by atoms with Gasteiger partial charge in [0.1, 0.15) is 12.6 Å². The average molecular weight is 126 g/mol. The van der Waals surface area contributed by atoms with E-state index in [1.54, 1.807) is 0 Å². The van der Waals surface area contributed by atoms with Gasteiger partial charge in [0.25, 0.3) is 0 Å². The monoisotopic (exact) mass is 126 g/mol. The van der Waals surface area contributed by atoms with Crippen LogP contribution in [0.2, 0.25) is 0 Å². The molecule has 0 saturated heterocycles. The summed E-state index contributed by atoms with van der Waals surface area (Å²) in [5.41, 5.74) is 0. The number of aliphatic hydroxyl groups is 1. The van der Waals surface area contributed by atoms with Gasteiger partial charge in [0, 0.05) is 0 Å². The molecule has 8 heavy (non-hydrogen) atoms. The van der Waals surface area contributed by atoms with Crippen LogP contribution in [-0.4, -0.2) is 23.5 Å². The van der Waals surface area contributed by atoms with Crippen LogP contribution < -0.4 is 34.7 Å². The van der Waals surface area contributed by atoms with Gasteiger partial charge < -0.3 is 15.0 Å². The molecular formula is C3H3NaO4. The van der Waals surface area contributed by atoms with Gasteiger partial charge in [-0.15, -0.1) is 0 Å². The Morgan fingerprint density at radius 3 is 1.88 bits per heavy atom. The maximum atomic E-state index is 9.60. The number of carboxylic acids is 1. The molecule has 0 aliphatic rings. The van der Waals surface area contributed by atoms with Crippen molar-refractivity contribution in [2.45, 2.75) is 0 Å². The van der Waals surface area contributed by atoms with Crippen molar-refractivity contribution in [3.05, 3.63) is 0 Å². The number of rotatable bonds is 2. The Bertz CT molecular complexity index is 99.5. The third-order valence-corrected chi connectivity index (χ3v) is 0.371. The maximum Gasteiger partial charge on any atom is 1.00 e. The first-order chi connectivity index (χ1) is 3.18. The van der Waals surface area contributed by atoms with Gasteiger partial charge in [-0.2, -0.15) is 0 Å². The van der Waals surface area contributed by atoms with E-state index in [0.29, 0.717) is 0 Å². The second kappa shape index (κ2) is 5.24. The number of aliphatic hydroxyl groups excluding tert-OH is 1. The summed E-state index contributed by atoms with van der Waals surface area (Å²) in [4.78, 5) is 18.9. The maximum absolute atomic E-state index is 9.60. The smallest absolute Gasteiger partial charge is 0.542 e. The molecule has 0 heterocycles. The van der Waals surface area contributed by atoms with Gasteiger partial charge in [0.2, 0.25) is 5.78 Å².